The third kappa shape index (κ3) is 4.02. The number of furan rings is 1. The molecule has 128 valence electrons. The molecule has 0 spiro atoms. The predicted octanol–water partition coefficient (Wildman–Crippen LogP) is 6.73. The summed E-state index contributed by atoms with van der Waals surface area (Å²) in [6, 6.07) is 12.3. The third-order valence-corrected chi connectivity index (χ3v) is 5.97. The van der Waals surface area contributed by atoms with E-state index in [-0.39, 0.29) is 11.7 Å². The van der Waals surface area contributed by atoms with Gasteiger partial charge in [0.1, 0.15) is 5.76 Å². The molecule has 0 radical (unpaired) electrons. The zero-order valence-corrected chi connectivity index (χ0v) is 17.2. The van der Waals surface area contributed by atoms with Crippen LogP contribution in [0.2, 0.25) is 10.0 Å². The molecule has 0 aliphatic carbocycles. The second-order valence-corrected chi connectivity index (χ2v) is 7.59. The van der Waals surface area contributed by atoms with Gasteiger partial charge in [0.15, 0.2) is 5.76 Å². The van der Waals surface area contributed by atoms with Crippen LogP contribution in [0.3, 0.4) is 0 Å². The standard InChI is InChI=1S/C19H14Cl2INO2/c1-10-7-13(8-11(2)18(10)22)23-19(24)17-6-5-16(25-17)14-4-3-12(20)9-15(14)21/h3-9H,1-2H3,(H,23,24). The fourth-order valence-electron chi connectivity index (χ4n) is 2.50. The molecule has 25 heavy (non-hydrogen) atoms. The average Bonchev–Trinajstić information content (AvgIpc) is 3.02. The van der Waals surface area contributed by atoms with Crippen LogP contribution in [0.4, 0.5) is 5.69 Å². The van der Waals surface area contributed by atoms with Crippen molar-refractivity contribution in [2.24, 2.45) is 0 Å². The number of hydrogen-bond acceptors (Lipinski definition) is 2. The summed E-state index contributed by atoms with van der Waals surface area (Å²) in [5, 5.41) is 3.88. The highest BCUT2D eigenvalue weighted by molar-refractivity contribution is 14.1. The SMILES string of the molecule is Cc1cc(NC(=O)c2ccc(-c3ccc(Cl)cc3Cl)o2)cc(C)c1I. The van der Waals surface area contributed by atoms with Gasteiger partial charge in [-0.25, -0.2) is 0 Å². The Hall–Kier alpha value is -1.50. The number of amides is 1. The van der Waals surface area contributed by atoms with Crippen molar-refractivity contribution in [3.63, 3.8) is 0 Å². The van der Waals surface area contributed by atoms with E-state index >= 15 is 0 Å². The summed E-state index contributed by atoms with van der Waals surface area (Å²) in [5.41, 5.74) is 3.65. The first-order valence-electron chi connectivity index (χ1n) is 7.48. The highest BCUT2D eigenvalue weighted by atomic mass is 127. The normalized spacial score (nSPS) is 10.8. The van der Waals surface area contributed by atoms with E-state index in [1.165, 1.54) is 3.57 Å². The highest BCUT2D eigenvalue weighted by Gasteiger charge is 2.15. The summed E-state index contributed by atoms with van der Waals surface area (Å²) >= 11 is 14.4. The van der Waals surface area contributed by atoms with Gasteiger partial charge in [-0.2, -0.15) is 0 Å². The second-order valence-electron chi connectivity index (χ2n) is 5.67. The molecule has 0 saturated carbocycles. The third-order valence-electron chi connectivity index (χ3n) is 3.72. The number of nitrogens with one attached hydrogen (secondary N) is 1. The van der Waals surface area contributed by atoms with E-state index in [1.54, 1.807) is 30.3 Å². The molecule has 0 aliphatic heterocycles. The Morgan fingerprint density at radius 3 is 2.36 bits per heavy atom. The van der Waals surface area contributed by atoms with E-state index in [0.717, 1.165) is 16.8 Å². The Labute approximate surface area is 169 Å². The van der Waals surface area contributed by atoms with Crippen molar-refractivity contribution in [1.82, 2.24) is 0 Å². The molecule has 1 N–H and O–H groups in total. The summed E-state index contributed by atoms with van der Waals surface area (Å²) in [6.45, 7) is 4.02. The molecule has 6 heteroatoms. The van der Waals surface area contributed by atoms with Crippen LogP contribution in [0.1, 0.15) is 21.7 Å². The van der Waals surface area contributed by atoms with Gasteiger partial charge in [0.05, 0.1) is 5.02 Å². The van der Waals surface area contributed by atoms with E-state index in [2.05, 4.69) is 27.9 Å². The Morgan fingerprint density at radius 1 is 1.04 bits per heavy atom. The van der Waals surface area contributed by atoms with Crippen molar-refractivity contribution in [2.45, 2.75) is 13.8 Å². The van der Waals surface area contributed by atoms with Crippen LogP contribution in [-0.4, -0.2) is 5.91 Å². The van der Waals surface area contributed by atoms with Crippen LogP contribution in [0, 0.1) is 17.4 Å². The summed E-state index contributed by atoms with van der Waals surface area (Å²) in [6.07, 6.45) is 0. The lowest BCUT2D eigenvalue weighted by molar-refractivity contribution is 0.0997. The zero-order chi connectivity index (χ0) is 18.1. The number of hydrogen-bond donors (Lipinski definition) is 1. The van der Waals surface area contributed by atoms with Gasteiger partial charge in [0.25, 0.3) is 5.91 Å². The first kappa shape index (κ1) is 18.3. The summed E-state index contributed by atoms with van der Waals surface area (Å²) in [7, 11) is 0. The molecule has 0 atom stereocenters. The number of benzene rings is 2. The van der Waals surface area contributed by atoms with Crippen molar-refractivity contribution in [1.29, 1.82) is 0 Å². The molecule has 3 aromatic rings. The van der Waals surface area contributed by atoms with Crippen LogP contribution >= 0.6 is 45.8 Å². The Morgan fingerprint density at radius 2 is 1.72 bits per heavy atom. The lowest BCUT2D eigenvalue weighted by Crippen LogP contribution is -2.11. The Bertz CT molecular complexity index is 943. The van der Waals surface area contributed by atoms with E-state index in [4.69, 9.17) is 27.6 Å². The molecule has 0 saturated heterocycles. The van der Waals surface area contributed by atoms with Crippen molar-refractivity contribution >= 4 is 57.4 Å². The second kappa shape index (κ2) is 7.40. The van der Waals surface area contributed by atoms with Gasteiger partial charge >= 0.3 is 0 Å². The summed E-state index contributed by atoms with van der Waals surface area (Å²) < 4.78 is 6.86. The van der Waals surface area contributed by atoms with Crippen molar-refractivity contribution in [3.8, 4) is 11.3 Å². The fourth-order valence-corrected chi connectivity index (χ4v) is 3.32. The Balaban J connectivity index is 1.83. The van der Waals surface area contributed by atoms with Gasteiger partial charge in [-0.1, -0.05) is 23.2 Å². The predicted molar refractivity (Wildman–Crippen MR) is 111 cm³/mol. The van der Waals surface area contributed by atoms with Gasteiger partial charge in [-0.3, -0.25) is 4.79 Å². The minimum atomic E-state index is -0.309. The van der Waals surface area contributed by atoms with Crippen LogP contribution in [0.25, 0.3) is 11.3 Å². The van der Waals surface area contributed by atoms with Crippen molar-refractivity contribution in [3.05, 3.63) is 73.0 Å². The Kier molecular flexibility index (Phi) is 5.41. The van der Waals surface area contributed by atoms with E-state index < -0.39 is 0 Å². The number of aryl methyl sites for hydroxylation is 2. The first-order chi connectivity index (χ1) is 11.8. The first-order valence-corrected chi connectivity index (χ1v) is 9.32. The molecule has 2 aromatic carbocycles. The van der Waals surface area contributed by atoms with Crippen LogP contribution in [0.5, 0.6) is 0 Å². The molecule has 3 rings (SSSR count). The number of halogens is 3. The van der Waals surface area contributed by atoms with E-state index in [1.807, 2.05) is 26.0 Å². The van der Waals surface area contributed by atoms with Crippen molar-refractivity contribution in [2.75, 3.05) is 5.32 Å². The molecule has 1 amide bonds. The minimum absolute atomic E-state index is 0.217. The fraction of sp³-hybridized carbons (Fsp3) is 0.105. The van der Waals surface area contributed by atoms with Gasteiger partial charge in [0, 0.05) is 19.8 Å². The maximum Gasteiger partial charge on any atom is 0.291 e. The van der Waals surface area contributed by atoms with Gasteiger partial charge in [-0.15, -0.1) is 0 Å². The average molecular weight is 486 g/mol. The lowest BCUT2D eigenvalue weighted by Gasteiger charge is -2.08. The maximum absolute atomic E-state index is 12.4. The van der Waals surface area contributed by atoms with Gasteiger partial charge < -0.3 is 9.73 Å². The van der Waals surface area contributed by atoms with E-state index in [9.17, 15) is 4.79 Å². The molecule has 1 heterocycles. The molecule has 0 fully saturated rings. The molecule has 0 unspecified atom stereocenters. The van der Waals surface area contributed by atoms with Gasteiger partial charge in [-0.05, 0) is 90.0 Å². The quantitative estimate of drug-likeness (QED) is 0.418. The number of carbonyl (C=O) groups is 1. The van der Waals surface area contributed by atoms with Crippen LogP contribution in [-0.2, 0) is 0 Å². The number of rotatable bonds is 3. The van der Waals surface area contributed by atoms with E-state index in [0.29, 0.717) is 21.4 Å². The highest BCUT2D eigenvalue weighted by Crippen LogP contribution is 2.31. The van der Waals surface area contributed by atoms with Crippen LogP contribution < -0.4 is 5.32 Å². The monoisotopic (exact) mass is 485 g/mol. The zero-order valence-electron chi connectivity index (χ0n) is 13.5. The largest absolute Gasteiger partial charge is 0.451 e. The molecule has 1 aromatic heterocycles. The molecule has 0 aliphatic rings. The summed E-state index contributed by atoms with van der Waals surface area (Å²) in [4.78, 5) is 12.4. The topological polar surface area (TPSA) is 42.2 Å². The molecule has 0 bridgehead atoms. The molecular weight excluding hydrogens is 472 g/mol. The maximum atomic E-state index is 12.4. The lowest BCUT2D eigenvalue weighted by atomic mass is 10.1. The molecular formula is C19H14Cl2INO2. The number of anilines is 1. The van der Waals surface area contributed by atoms with Crippen molar-refractivity contribution < 1.29 is 9.21 Å². The van der Waals surface area contributed by atoms with Crippen LogP contribution in [0.15, 0.2) is 46.9 Å². The van der Waals surface area contributed by atoms with Gasteiger partial charge in [0.2, 0.25) is 0 Å². The number of carbonyl (C=O) groups excluding carboxylic acids is 1. The molecule has 3 nitrogen and oxygen atoms in total. The minimum Gasteiger partial charge on any atom is -0.451 e. The smallest absolute Gasteiger partial charge is 0.291 e. The summed E-state index contributed by atoms with van der Waals surface area (Å²) in [5.74, 6) is 0.424.